The molecule has 0 saturated carbocycles. The fourth-order valence-corrected chi connectivity index (χ4v) is 2.65. The van der Waals surface area contributed by atoms with Crippen LogP contribution >= 0.6 is 11.3 Å². The van der Waals surface area contributed by atoms with Crippen LogP contribution in [-0.4, -0.2) is 4.98 Å². The molecule has 2 aromatic rings. The highest BCUT2D eigenvalue weighted by Gasteiger charge is 2.11. The lowest BCUT2D eigenvalue weighted by molar-refractivity contribution is 1.06. The average Bonchev–Trinajstić information content (AvgIpc) is 2.72. The molecule has 0 aliphatic carbocycles. The third kappa shape index (κ3) is 1.84. The number of hydrogen-bond donors (Lipinski definition) is 0. The van der Waals surface area contributed by atoms with E-state index in [-0.39, 0.29) is 0 Å². The third-order valence-electron chi connectivity index (χ3n) is 2.51. The lowest BCUT2D eigenvalue weighted by Gasteiger charge is -1.99. The first-order valence-electron chi connectivity index (χ1n) is 5.22. The van der Waals surface area contributed by atoms with E-state index in [1.807, 2.05) is 19.1 Å². The molecule has 0 radical (unpaired) electrons. The minimum atomic E-state index is 0.737. The summed E-state index contributed by atoms with van der Waals surface area (Å²) in [6.45, 7) is 4.09. The first kappa shape index (κ1) is 10.8. The molecule has 1 aromatic carbocycles. The number of thiazole rings is 1. The van der Waals surface area contributed by atoms with Gasteiger partial charge in [0.25, 0.3) is 0 Å². The molecule has 0 bridgehead atoms. The van der Waals surface area contributed by atoms with Gasteiger partial charge in [-0.1, -0.05) is 31.2 Å². The Hall–Kier alpha value is -1.66. The molecule has 0 saturated heterocycles. The van der Waals surface area contributed by atoms with Gasteiger partial charge >= 0.3 is 0 Å². The Bertz CT molecular complexity index is 549. The number of nitriles is 1. The Kier molecular flexibility index (Phi) is 3.02. The molecular formula is C13H12N2S. The highest BCUT2D eigenvalue weighted by Crippen LogP contribution is 2.29. The zero-order valence-electron chi connectivity index (χ0n) is 9.32. The molecule has 2 nitrogen and oxygen atoms in total. The molecule has 0 spiro atoms. The zero-order chi connectivity index (χ0) is 11.5. The molecule has 0 N–H and O–H groups in total. The van der Waals surface area contributed by atoms with Gasteiger partial charge in [-0.2, -0.15) is 5.26 Å². The van der Waals surface area contributed by atoms with E-state index in [9.17, 15) is 0 Å². The van der Waals surface area contributed by atoms with Crippen molar-refractivity contribution in [2.24, 2.45) is 0 Å². The van der Waals surface area contributed by atoms with E-state index in [2.05, 4.69) is 30.1 Å². The van der Waals surface area contributed by atoms with Crippen molar-refractivity contribution in [2.45, 2.75) is 20.3 Å². The van der Waals surface area contributed by atoms with Crippen LogP contribution in [0.3, 0.4) is 0 Å². The highest BCUT2D eigenvalue weighted by atomic mass is 32.1. The van der Waals surface area contributed by atoms with Crippen molar-refractivity contribution in [3.8, 4) is 16.6 Å². The number of benzene rings is 1. The second kappa shape index (κ2) is 4.46. The fraction of sp³-hybridized carbons (Fsp3) is 0.231. The number of hydrogen-bond acceptors (Lipinski definition) is 3. The van der Waals surface area contributed by atoms with Crippen LogP contribution in [0.1, 0.15) is 23.1 Å². The molecular weight excluding hydrogens is 216 g/mol. The largest absolute Gasteiger partial charge is 0.240 e. The smallest absolute Gasteiger partial charge is 0.128 e. The van der Waals surface area contributed by atoms with Gasteiger partial charge in [-0.25, -0.2) is 4.98 Å². The van der Waals surface area contributed by atoms with Crippen molar-refractivity contribution < 1.29 is 0 Å². The molecule has 0 aliphatic rings. The summed E-state index contributed by atoms with van der Waals surface area (Å²) in [5, 5.41) is 9.95. The molecule has 80 valence electrons. The molecule has 16 heavy (non-hydrogen) atoms. The minimum Gasteiger partial charge on any atom is -0.240 e. The number of aryl methyl sites for hydroxylation is 2. The van der Waals surface area contributed by atoms with E-state index in [0.717, 1.165) is 27.6 Å². The molecule has 0 amide bonds. The van der Waals surface area contributed by atoms with E-state index in [0.29, 0.717) is 0 Å². The fourth-order valence-electron chi connectivity index (χ4n) is 1.61. The van der Waals surface area contributed by atoms with Crippen LogP contribution in [0, 0.1) is 18.3 Å². The topological polar surface area (TPSA) is 36.7 Å². The summed E-state index contributed by atoms with van der Waals surface area (Å²) in [4.78, 5) is 5.26. The summed E-state index contributed by atoms with van der Waals surface area (Å²) in [7, 11) is 0. The molecule has 0 atom stereocenters. The van der Waals surface area contributed by atoms with Crippen molar-refractivity contribution in [3.05, 3.63) is 40.4 Å². The normalized spacial score (nSPS) is 10.1. The quantitative estimate of drug-likeness (QED) is 0.788. The maximum Gasteiger partial charge on any atom is 0.128 e. The Morgan fingerprint density at radius 3 is 2.69 bits per heavy atom. The van der Waals surface area contributed by atoms with Crippen molar-refractivity contribution in [1.29, 1.82) is 5.26 Å². The van der Waals surface area contributed by atoms with E-state index in [1.165, 1.54) is 16.9 Å². The average molecular weight is 228 g/mol. The van der Waals surface area contributed by atoms with Crippen LogP contribution in [0.15, 0.2) is 24.3 Å². The van der Waals surface area contributed by atoms with Crippen LogP contribution in [0.4, 0.5) is 0 Å². The molecule has 3 heteroatoms. The lowest BCUT2D eigenvalue weighted by Crippen LogP contribution is -1.85. The van der Waals surface area contributed by atoms with Gasteiger partial charge in [-0.3, -0.25) is 0 Å². The molecule has 0 fully saturated rings. The maximum absolute atomic E-state index is 9.00. The third-order valence-corrected chi connectivity index (χ3v) is 3.54. The Morgan fingerprint density at radius 1 is 1.38 bits per heavy atom. The van der Waals surface area contributed by atoms with Gasteiger partial charge in [0.15, 0.2) is 0 Å². The van der Waals surface area contributed by atoms with Gasteiger partial charge in [0.05, 0.1) is 5.69 Å². The molecule has 1 aromatic heterocycles. The molecule has 2 rings (SSSR count). The van der Waals surface area contributed by atoms with Crippen LogP contribution in [0.2, 0.25) is 0 Å². The SMILES string of the molecule is CCc1nc(-c2ccccc2C)sc1C#N. The number of rotatable bonds is 2. The standard InChI is InChI=1S/C13H12N2S/c1-3-11-12(8-14)16-13(15-11)10-7-5-4-6-9(10)2/h4-7H,3H2,1-2H3. The summed E-state index contributed by atoms with van der Waals surface area (Å²) in [5.74, 6) is 0. The van der Waals surface area contributed by atoms with Crippen molar-refractivity contribution in [1.82, 2.24) is 4.98 Å². The number of aromatic nitrogens is 1. The van der Waals surface area contributed by atoms with Crippen LogP contribution in [-0.2, 0) is 6.42 Å². The first-order valence-corrected chi connectivity index (χ1v) is 6.03. The van der Waals surface area contributed by atoms with E-state index >= 15 is 0 Å². The summed E-state index contributed by atoms with van der Waals surface area (Å²) in [5.41, 5.74) is 3.23. The highest BCUT2D eigenvalue weighted by molar-refractivity contribution is 7.15. The van der Waals surface area contributed by atoms with Crippen LogP contribution in [0.25, 0.3) is 10.6 Å². The number of nitrogens with zero attached hydrogens (tertiary/aromatic N) is 2. The van der Waals surface area contributed by atoms with E-state index in [1.54, 1.807) is 0 Å². The lowest BCUT2D eigenvalue weighted by atomic mass is 10.1. The maximum atomic E-state index is 9.00. The molecule has 0 unspecified atom stereocenters. The predicted octanol–water partition coefficient (Wildman–Crippen LogP) is 3.55. The molecule has 0 aliphatic heterocycles. The van der Waals surface area contributed by atoms with Crippen molar-refractivity contribution in [2.75, 3.05) is 0 Å². The van der Waals surface area contributed by atoms with Gasteiger partial charge in [-0.05, 0) is 18.9 Å². The van der Waals surface area contributed by atoms with E-state index in [4.69, 9.17) is 5.26 Å². The Balaban J connectivity index is 2.54. The predicted molar refractivity (Wildman–Crippen MR) is 66.4 cm³/mol. The van der Waals surface area contributed by atoms with E-state index < -0.39 is 0 Å². The van der Waals surface area contributed by atoms with Gasteiger partial charge in [0.1, 0.15) is 16.0 Å². The second-order valence-electron chi connectivity index (χ2n) is 3.58. The van der Waals surface area contributed by atoms with Crippen LogP contribution < -0.4 is 0 Å². The van der Waals surface area contributed by atoms with Gasteiger partial charge in [-0.15, -0.1) is 11.3 Å². The van der Waals surface area contributed by atoms with Gasteiger partial charge < -0.3 is 0 Å². The monoisotopic (exact) mass is 228 g/mol. The summed E-state index contributed by atoms with van der Waals surface area (Å²) >= 11 is 1.48. The van der Waals surface area contributed by atoms with Crippen LogP contribution in [0.5, 0.6) is 0 Å². The van der Waals surface area contributed by atoms with Crippen molar-refractivity contribution in [3.63, 3.8) is 0 Å². The van der Waals surface area contributed by atoms with Crippen molar-refractivity contribution >= 4 is 11.3 Å². The summed E-state index contributed by atoms with van der Waals surface area (Å²) < 4.78 is 0. The summed E-state index contributed by atoms with van der Waals surface area (Å²) in [6, 6.07) is 10.3. The Labute approximate surface area is 99.2 Å². The second-order valence-corrected chi connectivity index (χ2v) is 4.57. The zero-order valence-corrected chi connectivity index (χ0v) is 10.1. The van der Waals surface area contributed by atoms with Gasteiger partial charge in [0.2, 0.25) is 0 Å². The molecule has 1 heterocycles. The Morgan fingerprint density at radius 2 is 2.12 bits per heavy atom. The first-order chi connectivity index (χ1) is 7.76. The minimum absolute atomic E-state index is 0.737. The van der Waals surface area contributed by atoms with Gasteiger partial charge in [0, 0.05) is 5.56 Å². The summed E-state index contributed by atoms with van der Waals surface area (Å²) in [6.07, 6.45) is 0.811.